The molecule has 13 heavy (non-hydrogen) atoms. The van der Waals surface area contributed by atoms with Gasteiger partial charge in [-0.1, -0.05) is 0 Å². The number of benzene rings is 1. The van der Waals surface area contributed by atoms with Crippen molar-refractivity contribution >= 4 is 31.7 Å². The van der Waals surface area contributed by atoms with E-state index in [-0.39, 0.29) is 10.2 Å². The lowest BCUT2D eigenvalue weighted by atomic mass is 10.3. The molecule has 1 rings (SSSR count). The van der Waals surface area contributed by atoms with Gasteiger partial charge < -0.3 is 5.73 Å². The van der Waals surface area contributed by atoms with Crippen molar-refractivity contribution in [1.29, 1.82) is 0 Å². The van der Waals surface area contributed by atoms with Crippen molar-refractivity contribution in [1.82, 2.24) is 0 Å². The molecule has 0 unspecified atom stereocenters. The van der Waals surface area contributed by atoms with Gasteiger partial charge in [0.2, 0.25) is 0 Å². The summed E-state index contributed by atoms with van der Waals surface area (Å²) in [6.07, 6.45) is 0. The SMILES string of the molecule is Nc1c(F)cc(S(=O)(=O)O)cc1Br. The van der Waals surface area contributed by atoms with Crippen LogP contribution in [-0.4, -0.2) is 13.0 Å². The number of nitrogens with two attached hydrogens (primary N) is 1. The first-order valence-electron chi connectivity index (χ1n) is 3.04. The predicted octanol–water partition coefficient (Wildman–Crippen LogP) is 1.42. The third kappa shape index (κ3) is 2.17. The lowest BCUT2D eigenvalue weighted by Crippen LogP contribution is -2.01. The van der Waals surface area contributed by atoms with Crippen molar-refractivity contribution in [3.05, 3.63) is 22.4 Å². The fraction of sp³-hybridized carbons (Fsp3) is 0. The van der Waals surface area contributed by atoms with Gasteiger partial charge in [0.05, 0.1) is 10.6 Å². The Hall–Kier alpha value is -0.660. The van der Waals surface area contributed by atoms with Crippen LogP contribution in [0.15, 0.2) is 21.5 Å². The summed E-state index contributed by atoms with van der Waals surface area (Å²) in [5.74, 6) is -0.901. The maximum absolute atomic E-state index is 12.8. The van der Waals surface area contributed by atoms with Crippen LogP contribution >= 0.6 is 15.9 Å². The van der Waals surface area contributed by atoms with Crippen LogP contribution in [0, 0.1) is 5.82 Å². The first-order valence-corrected chi connectivity index (χ1v) is 5.27. The lowest BCUT2D eigenvalue weighted by molar-refractivity contribution is 0.482. The van der Waals surface area contributed by atoms with Crippen molar-refractivity contribution in [3.8, 4) is 0 Å². The number of hydrogen-bond donors (Lipinski definition) is 2. The molecule has 0 aliphatic rings. The molecule has 1 aromatic rings. The summed E-state index contributed by atoms with van der Waals surface area (Å²) in [5, 5.41) is 0. The molecule has 0 spiro atoms. The van der Waals surface area contributed by atoms with Crippen LogP contribution in [0.5, 0.6) is 0 Å². The second kappa shape index (κ2) is 3.24. The van der Waals surface area contributed by atoms with E-state index in [1.54, 1.807) is 0 Å². The Bertz CT molecular complexity index is 422. The third-order valence-electron chi connectivity index (χ3n) is 1.35. The van der Waals surface area contributed by atoms with Crippen LogP contribution in [0.25, 0.3) is 0 Å². The topological polar surface area (TPSA) is 80.4 Å². The zero-order chi connectivity index (χ0) is 10.2. The quantitative estimate of drug-likeness (QED) is 0.597. The van der Waals surface area contributed by atoms with E-state index in [1.165, 1.54) is 0 Å². The van der Waals surface area contributed by atoms with Crippen LogP contribution in [-0.2, 0) is 10.1 Å². The molecule has 72 valence electrons. The second-order valence-corrected chi connectivity index (χ2v) is 4.55. The van der Waals surface area contributed by atoms with Crippen molar-refractivity contribution in [3.63, 3.8) is 0 Å². The molecule has 0 heterocycles. The van der Waals surface area contributed by atoms with E-state index in [4.69, 9.17) is 10.3 Å². The minimum absolute atomic E-state index is 0.0834. The molecular formula is C6H5BrFNO3S. The first-order chi connectivity index (χ1) is 5.82. The highest BCUT2D eigenvalue weighted by atomic mass is 79.9. The first kappa shape index (κ1) is 10.4. The molecule has 3 N–H and O–H groups in total. The minimum atomic E-state index is -4.39. The predicted molar refractivity (Wildman–Crippen MR) is 48.3 cm³/mol. The summed E-state index contributed by atoms with van der Waals surface area (Å²) in [6.45, 7) is 0. The average molecular weight is 270 g/mol. The number of halogens is 2. The smallest absolute Gasteiger partial charge is 0.294 e. The number of nitrogen functional groups attached to an aromatic ring is 1. The Morgan fingerprint density at radius 2 is 2.00 bits per heavy atom. The number of hydrogen-bond acceptors (Lipinski definition) is 3. The van der Waals surface area contributed by atoms with Crippen molar-refractivity contribution in [2.75, 3.05) is 5.73 Å². The molecule has 0 aromatic heterocycles. The molecule has 0 amide bonds. The van der Waals surface area contributed by atoms with Gasteiger partial charge in [-0.3, -0.25) is 4.55 Å². The summed E-state index contributed by atoms with van der Waals surface area (Å²) in [6, 6.07) is 1.67. The van der Waals surface area contributed by atoms with Crippen molar-refractivity contribution in [2.45, 2.75) is 4.90 Å². The highest BCUT2D eigenvalue weighted by Gasteiger charge is 2.14. The van der Waals surface area contributed by atoms with E-state index in [0.29, 0.717) is 6.07 Å². The lowest BCUT2D eigenvalue weighted by Gasteiger charge is -2.02. The third-order valence-corrected chi connectivity index (χ3v) is 2.84. The van der Waals surface area contributed by atoms with Crippen molar-refractivity contribution in [2.24, 2.45) is 0 Å². The molecule has 0 bridgehead atoms. The van der Waals surface area contributed by atoms with E-state index >= 15 is 0 Å². The highest BCUT2D eigenvalue weighted by molar-refractivity contribution is 9.10. The van der Waals surface area contributed by atoms with Gasteiger partial charge in [0.15, 0.2) is 0 Å². The van der Waals surface area contributed by atoms with Crippen LogP contribution in [0.3, 0.4) is 0 Å². The molecule has 0 saturated carbocycles. The Balaban J connectivity index is 3.47. The van der Waals surface area contributed by atoms with Crippen LogP contribution in [0.2, 0.25) is 0 Å². The second-order valence-electron chi connectivity index (χ2n) is 2.28. The van der Waals surface area contributed by atoms with E-state index < -0.39 is 20.8 Å². The van der Waals surface area contributed by atoms with Gasteiger partial charge in [-0.25, -0.2) is 4.39 Å². The molecule has 0 fully saturated rings. The monoisotopic (exact) mass is 269 g/mol. The summed E-state index contributed by atoms with van der Waals surface area (Å²) in [4.78, 5) is -0.536. The maximum atomic E-state index is 12.8. The molecule has 0 saturated heterocycles. The fourth-order valence-corrected chi connectivity index (χ4v) is 1.82. The number of rotatable bonds is 1. The number of anilines is 1. The zero-order valence-electron chi connectivity index (χ0n) is 6.16. The van der Waals surface area contributed by atoms with E-state index in [2.05, 4.69) is 15.9 Å². The largest absolute Gasteiger partial charge is 0.395 e. The summed E-state index contributed by atoms with van der Waals surface area (Å²) in [5.41, 5.74) is 4.99. The van der Waals surface area contributed by atoms with E-state index in [0.717, 1.165) is 6.07 Å². The molecule has 0 aliphatic heterocycles. The van der Waals surface area contributed by atoms with Gasteiger partial charge in [-0.2, -0.15) is 8.42 Å². The van der Waals surface area contributed by atoms with Crippen molar-refractivity contribution < 1.29 is 17.4 Å². The van der Waals surface area contributed by atoms with Gasteiger partial charge in [0.1, 0.15) is 5.82 Å². The minimum Gasteiger partial charge on any atom is -0.395 e. The molecule has 0 aliphatic carbocycles. The van der Waals surface area contributed by atoms with E-state index in [9.17, 15) is 12.8 Å². The standard InChI is InChI=1S/C6H5BrFNO3S/c7-4-1-3(13(10,11)12)2-5(8)6(4)9/h1-2H,9H2,(H,10,11,12). The highest BCUT2D eigenvalue weighted by Crippen LogP contribution is 2.26. The van der Waals surface area contributed by atoms with Gasteiger partial charge >= 0.3 is 0 Å². The van der Waals surface area contributed by atoms with Gasteiger partial charge in [-0.15, -0.1) is 0 Å². The fourth-order valence-electron chi connectivity index (χ4n) is 0.710. The molecule has 7 heteroatoms. The molecule has 0 atom stereocenters. The molecular weight excluding hydrogens is 265 g/mol. The summed E-state index contributed by atoms with van der Waals surface area (Å²) < 4.78 is 42.6. The zero-order valence-corrected chi connectivity index (χ0v) is 8.56. The molecule has 0 radical (unpaired) electrons. The van der Waals surface area contributed by atoms with Gasteiger partial charge in [0, 0.05) is 4.47 Å². The van der Waals surface area contributed by atoms with Crippen LogP contribution < -0.4 is 5.73 Å². The van der Waals surface area contributed by atoms with Crippen LogP contribution in [0.1, 0.15) is 0 Å². The van der Waals surface area contributed by atoms with E-state index in [1.807, 2.05) is 0 Å². The normalized spacial score (nSPS) is 11.6. The Morgan fingerprint density at radius 3 is 2.38 bits per heavy atom. The average Bonchev–Trinajstić information content (AvgIpc) is 1.97. The Morgan fingerprint density at radius 1 is 1.46 bits per heavy atom. The summed E-state index contributed by atoms with van der Waals surface area (Å²) >= 11 is 2.85. The molecule has 4 nitrogen and oxygen atoms in total. The van der Waals surface area contributed by atoms with Gasteiger partial charge in [-0.05, 0) is 28.1 Å². The van der Waals surface area contributed by atoms with Crippen LogP contribution in [0.4, 0.5) is 10.1 Å². The van der Waals surface area contributed by atoms with Gasteiger partial charge in [0.25, 0.3) is 10.1 Å². The maximum Gasteiger partial charge on any atom is 0.294 e. The summed E-state index contributed by atoms with van der Waals surface area (Å²) in [7, 11) is -4.39. The Kier molecular flexibility index (Phi) is 2.60. The molecule has 1 aromatic carbocycles. The Labute approximate surface area is 82.4 Å².